The second-order valence-corrected chi connectivity index (χ2v) is 8.27. The van der Waals surface area contributed by atoms with Crippen molar-refractivity contribution in [3.05, 3.63) is 69.4 Å². The summed E-state index contributed by atoms with van der Waals surface area (Å²) in [5, 5.41) is 8.39. The van der Waals surface area contributed by atoms with E-state index in [-0.39, 0.29) is 36.1 Å². The summed E-state index contributed by atoms with van der Waals surface area (Å²) < 4.78 is 83.3. The van der Waals surface area contributed by atoms with Crippen LogP contribution in [-0.2, 0) is 23.6 Å². The maximum atomic E-state index is 13.0. The zero-order chi connectivity index (χ0) is 24.5. The first kappa shape index (κ1) is 23.8. The van der Waals surface area contributed by atoms with Gasteiger partial charge in [-0.3, -0.25) is 0 Å². The van der Waals surface area contributed by atoms with Gasteiger partial charge in [0, 0.05) is 0 Å². The highest BCUT2D eigenvalue weighted by atomic mass is 32.1. The molecular weight excluding hydrogens is 486 g/mol. The van der Waals surface area contributed by atoms with E-state index in [9.17, 15) is 26.3 Å². The van der Waals surface area contributed by atoms with E-state index in [0.717, 1.165) is 18.2 Å². The maximum absolute atomic E-state index is 13.0. The first-order valence-corrected chi connectivity index (χ1v) is 10.7. The van der Waals surface area contributed by atoms with Crippen LogP contribution >= 0.6 is 11.3 Å². The van der Waals surface area contributed by atoms with E-state index in [1.54, 1.807) is 6.92 Å². The molecule has 3 aromatic rings. The van der Waals surface area contributed by atoms with Gasteiger partial charge in [0.2, 0.25) is 0 Å². The molecule has 0 spiro atoms. The van der Waals surface area contributed by atoms with Crippen LogP contribution in [0.15, 0.2) is 47.1 Å². The molecule has 0 radical (unpaired) electrons. The molecule has 4 rings (SSSR count). The van der Waals surface area contributed by atoms with Gasteiger partial charge in [-0.2, -0.15) is 26.3 Å². The molecule has 0 saturated heterocycles. The molecule has 0 fully saturated rings. The van der Waals surface area contributed by atoms with Crippen LogP contribution in [0.2, 0.25) is 0 Å². The molecule has 0 aliphatic carbocycles. The molecule has 1 N–H and O–H groups in total. The average Bonchev–Trinajstić information content (AvgIpc) is 3.24. The molecular formula is C21H16F6N4O2S. The lowest BCUT2D eigenvalue weighted by atomic mass is 10.1. The Bertz CT molecular complexity index is 1210. The number of hydrogen-bond acceptors (Lipinski definition) is 7. The zero-order valence-electron chi connectivity index (χ0n) is 17.4. The van der Waals surface area contributed by atoms with Crippen molar-refractivity contribution in [3.8, 4) is 11.5 Å². The molecule has 1 aliphatic rings. The highest BCUT2D eigenvalue weighted by Crippen LogP contribution is 2.35. The van der Waals surface area contributed by atoms with Crippen LogP contribution in [-0.4, -0.2) is 28.5 Å². The maximum Gasteiger partial charge on any atom is 0.425 e. The highest BCUT2D eigenvalue weighted by molar-refractivity contribution is 7.10. The molecule has 6 nitrogen and oxygen atoms in total. The summed E-state index contributed by atoms with van der Waals surface area (Å²) in [6.07, 6.45) is -7.45. The van der Waals surface area contributed by atoms with Crippen LogP contribution in [0.5, 0.6) is 11.5 Å². The van der Waals surface area contributed by atoms with Crippen molar-refractivity contribution in [2.45, 2.75) is 31.7 Å². The minimum atomic E-state index is -4.55. The number of halogens is 6. The van der Waals surface area contributed by atoms with Gasteiger partial charge in [0.05, 0.1) is 17.8 Å². The Morgan fingerprint density at radius 1 is 1.15 bits per heavy atom. The molecule has 0 bridgehead atoms. The monoisotopic (exact) mass is 502 g/mol. The van der Waals surface area contributed by atoms with E-state index >= 15 is 0 Å². The summed E-state index contributed by atoms with van der Waals surface area (Å²) in [5.41, 5.74) is -0.278. The minimum absolute atomic E-state index is 0.0234. The number of ether oxygens (including phenoxy) is 1. The first-order chi connectivity index (χ1) is 16.0. The van der Waals surface area contributed by atoms with E-state index < -0.39 is 28.8 Å². The summed E-state index contributed by atoms with van der Waals surface area (Å²) in [7, 11) is 0. The Labute approximate surface area is 193 Å². The number of aromatic nitrogens is 2. The second-order valence-electron chi connectivity index (χ2n) is 7.36. The Balaban J connectivity index is 1.54. The van der Waals surface area contributed by atoms with Crippen molar-refractivity contribution in [2.75, 3.05) is 6.61 Å². The van der Waals surface area contributed by atoms with Crippen molar-refractivity contribution < 1.29 is 35.9 Å². The van der Waals surface area contributed by atoms with Crippen LogP contribution in [0.3, 0.4) is 0 Å². The van der Waals surface area contributed by atoms with Gasteiger partial charge in [-0.15, -0.1) is 11.3 Å². The molecule has 0 saturated carbocycles. The number of thiophene rings is 1. The van der Waals surface area contributed by atoms with Crippen molar-refractivity contribution in [2.24, 2.45) is 5.16 Å². The van der Waals surface area contributed by atoms with Crippen molar-refractivity contribution >= 4 is 17.2 Å². The Hall–Kier alpha value is -3.35. The zero-order valence-corrected chi connectivity index (χ0v) is 18.2. The largest absolute Gasteiger partial charge is 0.453 e. The molecule has 13 heteroatoms. The molecule has 1 atom stereocenters. The summed E-state index contributed by atoms with van der Waals surface area (Å²) in [5.74, 6) is 0.395. The Kier molecular flexibility index (Phi) is 6.39. The summed E-state index contributed by atoms with van der Waals surface area (Å²) >= 11 is 0.606. The Morgan fingerprint density at radius 2 is 1.94 bits per heavy atom. The topological polar surface area (TPSA) is 68.6 Å². The number of aryl methyl sites for hydroxylation is 1. The quantitative estimate of drug-likeness (QED) is 0.462. The van der Waals surface area contributed by atoms with Gasteiger partial charge in [0.15, 0.2) is 17.3 Å². The molecule has 180 valence electrons. The van der Waals surface area contributed by atoms with Gasteiger partial charge in [-0.1, -0.05) is 11.2 Å². The molecule has 2 aromatic heterocycles. The van der Waals surface area contributed by atoms with Crippen LogP contribution in [0.4, 0.5) is 26.3 Å². The van der Waals surface area contributed by atoms with E-state index in [1.807, 2.05) is 0 Å². The van der Waals surface area contributed by atoms with Crippen LogP contribution < -0.4 is 10.1 Å². The predicted molar refractivity (Wildman–Crippen MR) is 111 cm³/mol. The highest BCUT2D eigenvalue weighted by Gasteiger charge is 2.33. The fourth-order valence-corrected chi connectivity index (χ4v) is 3.95. The number of nitrogens with zero attached hydrogens (tertiary/aromatic N) is 3. The lowest BCUT2D eigenvalue weighted by Gasteiger charge is -2.24. The number of benzene rings is 1. The van der Waals surface area contributed by atoms with E-state index in [2.05, 4.69) is 20.4 Å². The number of nitrogens with one attached hydrogen (secondary N) is 1. The molecule has 34 heavy (non-hydrogen) atoms. The van der Waals surface area contributed by atoms with Gasteiger partial charge < -0.3 is 14.9 Å². The number of oxime groups is 1. The molecule has 3 heterocycles. The molecule has 0 amide bonds. The standard InChI is InChI=1S/C21H16F6N4O2S/c1-11-28-8-16(33-15-4-2-3-13(7-15)20(22,23)24)18(29-11)19-30-14(9-32-31-19)5-12-6-17(34-10-12)21(25,26)27/h2-4,6-8,10,14H,5,9H2,1H3,(H,30,31)/t14-/m1/s1. The number of hydrogen-bond donors (Lipinski definition) is 1. The minimum Gasteiger partial charge on any atom is -0.453 e. The van der Waals surface area contributed by atoms with Crippen molar-refractivity contribution in [1.82, 2.24) is 15.3 Å². The normalized spacial score (nSPS) is 16.4. The molecule has 1 aliphatic heterocycles. The van der Waals surface area contributed by atoms with Crippen LogP contribution in [0.1, 0.15) is 27.5 Å². The molecule has 0 unspecified atom stereocenters. The van der Waals surface area contributed by atoms with Gasteiger partial charge in [-0.25, -0.2) is 9.97 Å². The van der Waals surface area contributed by atoms with Crippen molar-refractivity contribution in [1.29, 1.82) is 0 Å². The van der Waals surface area contributed by atoms with E-state index in [4.69, 9.17) is 9.57 Å². The molecule has 1 aromatic carbocycles. The summed E-state index contributed by atoms with van der Waals surface area (Å²) in [4.78, 5) is 12.8. The first-order valence-electron chi connectivity index (χ1n) is 9.79. The lowest BCUT2D eigenvalue weighted by Crippen LogP contribution is -2.43. The summed E-state index contributed by atoms with van der Waals surface area (Å²) in [6, 6.07) is 4.96. The average molecular weight is 502 g/mol. The fraction of sp³-hybridized carbons (Fsp3) is 0.286. The predicted octanol–water partition coefficient (Wildman–Crippen LogP) is 5.57. The number of alkyl halides is 6. The van der Waals surface area contributed by atoms with E-state index in [0.29, 0.717) is 22.7 Å². The number of amidine groups is 1. The third-order valence-corrected chi connectivity index (χ3v) is 5.70. The van der Waals surface area contributed by atoms with Crippen LogP contribution in [0, 0.1) is 6.92 Å². The fourth-order valence-electron chi connectivity index (χ4n) is 3.16. The van der Waals surface area contributed by atoms with Crippen LogP contribution in [0.25, 0.3) is 0 Å². The van der Waals surface area contributed by atoms with Gasteiger partial charge >= 0.3 is 12.4 Å². The third kappa shape index (κ3) is 5.58. The lowest BCUT2D eigenvalue weighted by molar-refractivity contribution is -0.137. The smallest absolute Gasteiger partial charge is 0.425 e. The Morgan fingerprint density at radius 3 is 2.65 bits per heavy atom. The SMILES string of the molecule is Cc1ncc(Oc2cccc(C(F)(F)F)c2)c(C2=NOC[C@@H](Cc3csc(C(F)(F)F)c3)N2)n1. The number of rotatable bonds is 5. The summed E-state index contributed by atoms with van der Waals surface area (Å²) in [6.45, 7) is 1.69. The van der Waals surface area contributed by atoms with Gasteiger partial charge in [0.1, 0.15) is 23.1 Å². The van der Waals surface area contributed by atoms with E-state index in [1.165, 1.54) is 23.7 Å². The van der Waals surface area contributed by atoms with Crippen molar-refractivity contribution in [3.63, 3.8) is 0 Å². The second kappa shape index (κ2) is 9.12. The van der Waals surface area contributed by atoms with Gasteiger partial charge in [-0.05, 0) is 48.6 Å². The van der Waals surface area contributed by atoms with Gasteiger partial charge in [0.25, 0.3) is 0 Å². The third-order valence-electron chi connectivity index (χ3n) is 4.68.